The number of esters is 2. The number of hydrogen-bond donors (Lipinski definition) is 2. The van der Waals surface area contributed by atoms with Crippen molar-refractivity contribution in [3.05, 3.63) is 12.2 Å². The first kappa shape index (κ1) is 66.6. The van der Waals surface area contributed by atoms with Crippen LogP contribution < -0.4 is 0 Å². The number of hydrogen-bond acceptors (Lipinski definition) is 6. The van der Waals surface area contributed by atoms with Crippen LogP contribution in [0.25, 0.3) is 0 Å². The molecule has 1 unspecified atom stereocenters. The maximum absolute atomic E-state index is 12.5. The molecule has 0 bridgehead atoms. The molecule has 0 spiro atoms. The second kappa shape index (κ2) is 53.9. The van der Waals surface area contributed by atoms with E-state index in [4.69, 9.17) is 9.47 Å². The predicted molar refractivity (Wildman–Crippen MR) is 302 cm³/mol. The second-order valence-corrected chi connectivity index (χ2v) is 22.8. The van der Waals surface area contributed by atoms with Crippen molar-refractivity contribution in [2.75, 3.05) is 26.4 Å². The summed E-state index contributed by atoms with van der Waals surface area (Å²) in [6.45, 7) is 1.20. The highest BCUT2D eigenvalue weighted by Gasteiger charge is 2.36. The normalized spacial score (nSPS) is 15.3. The van der Waals surface area contributed by atoms with Crippen LogP contribution in [-0.2, 0) is 19.1 Å². The van der Waals surface area contributed by atoms with Gasteiger partial charge in [-0.15, -0.1) is 0 Å². The molecule has 0 amide bonds. The molecule has 1 atom stereocenters. The number of rotatable bonds is 55. The number of cyclic esters (lactones) is 2. The zero-order valence-corrected chi connectivity index (χ0v) is 47.1. The van der Waals surface area contributed by atoms with Crippen molar-refractivity contribution in [1.82, 2.24) is 0 Å². The molecule has 2 N–H and O–H groups in total. The van der Waals surface area contributed by atoms with E-state index in [1.54, 1.807) is 0 Å². The Bertz CT molecular complexity index is 1100. The minimum atomic E-state index is -1.13. The van der Waals surface area contributed by atoms with Crippen LogP contribution in [0.4, 0.5) is 0 Å². The summed E-state index contributed by atoms with van der Waals surface area (Å²) in [6, 6.07) is 0. The average molecular weight is 988 g/mol. The van der Waals surface area contributed by atoms with Gasteiger partial charge >= 0.3 is 11.9 Å². The number of allylic oxidation sites excluding steroid dienone is 2. The van der Waals surface area contributed by atoms with Crippen molar-refractivity contribution in [2.45, 2.75) is 347 Å². The molecular weight excluding hydrogens is 865 g/mol. The van der Waals surface area contributed by atoms with Gasteiger partial charge in [-0.2, -0.15) is 0 Å². The summed E-state index contributed by atoms with van der Waals surface area (Å²) in [5.74, 6) is -1.41. The number of unbranched alkanes of at least 4 members (excludes halogenated alkanes) is 49. The maximum atomic E-state index is 12.5. The highest BCUT2D eigenvalue weighted by atomic mass is 16.6. The Labute approximate surface area is 436 Å². The van der Waals surface area contributed by atoms with Crippen molar-refractivity contribution in [3.63, 3.8) is 0 Å². The summed E-state index contributed by atoms with van der Waals surface area (Å²) >= 11 is 0. The molecule has 6 nitrogen and oxygen atoms in total. The molecule has 6 heteroatoms. The lowest BCUT2D eigenvalue weighted by molar-refractivity contribution is -0.155. The van der Waals surface area contributed by atoms with Gasteiger partial charge in [0.1, 0.15) is 13.2 Å². The van der Waals surface area contributed by atoms with Gasteiger partial charge in [0.25, 0.3) is 0 Å². The molecule has 1 heterocycles. The Balaban J connectivity index is 1.69. The highest BCUT2D eigenvalue weighted by Crippen LogP contribution is 2.25. The van der Waals surface area contributed by atoms with Crippen LogP contribution in [0.3, 0.4) is 0 Å². The van der Waals surface area contributed by atoms with E-state index in [0.717, 1.165) is 19.3 Å². The summed E-state index contributed by atoms with van der Waals surface area (Å²) < 4.78 is 10.6. The van der Waals surface area contributed by atoms with Gasteiger partial charge in [-0.25, -0.2) is 0 Å². The standard InChI is InChI=1S/C64H122O6/c1-2-3-4-5-6-7-8-9-10-11-12-13-14-15-16-17-18-19-20-21-22-23-24-25-26-27-28-29-30-31-32-33-34-35-36-37-38-39-40-41-42-43-44-45-46-47-48-49-50-51-52-53-54-55-61-56-62(67)69-59-64(57-65,58-66)60-70-63(61)68/h43-44,61,65-66H,2-42,45-60H2,1H3/b44-43+. The summed E-state index contributed by atoms with van der Waals surface area (Å²) in [7, 11) is 0. The van der Waals surface area contributed by atoms with Crippen molar-refractivity contribution in [3.8, 4) is 0 Å². The molecule has 1 fully saturated rings. The lowest BCUT2D eigenvalue weighted by atomic mass is 9.92. The van der Waals surface area contributed by atoms with Gasteiger partial charge in [0, 0.05) is 0 Å². The van der Waals surface area contributed by atoms with Gasteiger partial charge in [-0.3, -0.25) is 9.59 Å². The van der Waals surface area contributed by atoms with Crippen molar-refractivity contribution in [1.29, 1.82) is 0 Å². The van der Waals surface area contributed by atoms with Crippen LogP contribution in [-0.4, -0.2) is 48.6 Å². The zero-order valence-electron chi connectivity index (χ0n) is 47.1. The molecule has 0 saturated carbocycles. The highest BCUT2D eigenvalue weighted by molar-refractivity contribution is 5.80. The van der Waals surface area contributed by atoms with Crippen LogP contribution in [0.15, 0.2) is 12.2 Å². The molecule has 1 aliphatic heterocycles. The predicted octanol–water partition coefficient (Wildman–Crippen LogP) is 19.9. The van der Waals surface area contributed by atoms with Crippen molar-refractivity contribution in [2.24, 2.45) is 11.3 Å². The molecule has 0 aliphatic carbocycles. The van der Waals surface area contributed by atoms with Gasteiger partial charge in [0.2, 0.25) is 0 Å². The second-order valence-electron chi connectivity index (χ2n) is 22.8. The maximum Gasteiger partial charge on any atom is 0.309 e. The van der Waals surface area contributed by atoms with Gasteiger partial charge in [-0.05, 0) is 32.1 Å². The van der Waals surface area contributed by atoms with Gasteiger partial charge in [-0.1, -0.05) is 321 Å². The Morgan fingerprint density at radius 1 is 0.371 bits per heavy atom. The third-order valence-corrected chi connectivity index (χ3v) is 15.8. The van der Waals surface area contributed by atoms with Gasteiger partial charge in [0.15, 0.2) is 0 Å². The summed E-state index contributed by atoms with van der Waals surface area (Å²) in [6.07, 6.45) is 77.2. The largest absolute Gasteiger partial charge is 0.465 e. The van der Waals surface area contributed by atoms with Crippen LogP contribution in [0, 0.1) is 11.3 Å². The van der Waals surface area contributed by atoms with Gasteiger partial charge < -0.3 is 19.7 Å². The lowest BCUT2D eigenvalue weighted by Crippen LogP contribution is -2.40. The molecule has 0 aromatic carbocycles. The number of ether oxygens (including phenoxy) is 2. The van der Waals surface area contributed by atoms with E-state index in [9.17, 15) is 19.8 Å². The zero-order chi connectivity index (χ0) is 50.4. The van der Waals surface area contributed by atoms with E-state index in [0.29, 0.717) is 6.42 Å². The monoisotopic (exact) mass is 987 g/mol. The molecule has 1 saturated heterocycles. The van der Waals surface area contributed by atoms with Crippen molar-refractivity contribution < 1.29 is 29.3 Å². The Morgan fingerprint density at radius 2 is 0.614 bits per heavy atom. The fourth-order valence-electron chi connectivity index (χ4n) is 10.6. The van der Waals surface area contributed by atoms with Crippen LogP contribution >= 0.6 is 0 Å². The van der Waals surface area contributed by atoms with Crippen LogP contribution in [0.2, 0.25) is 0 Å². The first-order valence-electron chi connectivity index (χ1n) is 31.8. The fourth-order valence-corrected chi connectivity index (χ4v) is 10.6. The van der Waals surface area contributed by atoms with E-state index in [-0.39, 0.29) is 19.6 Å². The smallest absolute Gasteiger partial charge is 0.309 e. The molecule has 1 rings (SSSR count). The minimum Gasteiger partial charge on any atom is -0.465 e. The number of carbonyl (C=O) groups is 2. The minimum absolute atomic E-state index is 0.000798. The third kappa shape index (κ3) is 45.2. The molecule has 414 valence electrons. The van der Waals surface area contributed by atoms with Gasteiger partial charge in [0.05, 0.1) is 31.0 Å². The average Bonchev–Trinajstić information content (AvgIpc) is 3.43. The SMILES string of the molecule is CCCCCCCCCCCCCCCCCCCCCCCCCCCCCCCCCCCCCCCCCC/C=C/CCCCCCCCCCCC1CC(=O)OCC(CO)(CO)COC1=O. The van der Waals surface area contributed by atoms with Crippen LogP contribution in [0.5, 0.6) is 0 Å². The molecule has 0 aromatic heterocycles. The van der Waals surface area contributed by atoms with E-state index in [2.05, 4.69) is 19.1 Å². The Morgan fingerprint density at radius 3 is 0.886 bits per heavy atom. The summed E-state index contributed by atoms with van der Waals surface area (Å²) in [4.78, 5) is 24.7. The van der Waals surface area contributed by atoms with Crippen molar-refractivity contribution >= 4 is 11.9 Å². The molecule has 0 radical (unpaired) electrons. The Hall–Kier alpha value is -1.40. The molecule has 1 aliphatic rings. The molecule has 70 heavy (non-hydrogen) atoms. The number of aliphatic hydroxyl groups is 2. The molecular formula is C64H122O6. The van der Waals surface area contributed by atoms with Crippen LogP contribution in [0.1, 0.15) is 347 Å². The van der Waals surface area contributed by atoms with E-state index in [1.807, 2.05) is 0 Å². The summed E-state index contributed by atoms with van der Waals surface area (Å²) in [5.41, 5.74) is -1.13. The lowest BCUT2D eigenvalue weighted by Gasteiger charge is -2.27. The van der Waals surface area contributed by atoms with E-state index < -0.39 is 36.5 Å². The van der Waals surface area contributed by atoms with E-state index >= 15 is 0 Å². The summed E-state index contributed by atoms with van der Waals surface area (Å²) in [5, 5.41) is 19.2. The first-order chi connectivity index (χ1) is 34.6. The molecule has 0 aromatic rings. The number of aliphatic hydroxyl groups excluding tert-OH is 2. The fraction of sp³-hybridized carbons (Fsp3) is 0.938. The quantitative estimate of drug-likeness (QED) is 0.0358. The Kier molecular flexibility index (Phi) is 51.3. The third-order valence-electron chi connectivity index (χ3n) is 15.8. The first-order valence-corrected chi connectivity index (χ1v) is 31.8. The number of carbonyl (C=O) groups excluding carboxylic acids is 2. The topological polar surface area (TPSA) is 93.1 Å². The van der Waals surface area contributed by atoms with E-state index in [1.165, 1.54) is 308 Å².